The SMILES string of the molecule is COCCCNC(=O)[C@H](C)C1CCN(C(=O)c2ccc3oc(-c4ccccc4)nc3c2)CC1. The summed E-state index contributed by atoms with van der Waals surface area (Å²) in [5.41, 5.74) is 2.85. The first-order valence-corrected chi connectivity index (χ1v) is 11.6. The highest BCUT2D eigenvalue weighted by Gasteiger charge is 2.30. The van der Waals surface area contributed by atoms with Gasteiger partial charge in [-0.25, -0.2) is 4.98 Å². The van der Waals surface area contributed by atoms with E-state index in [1.165, 1.54) is 0 Å². The number of amides is 2. The lowest BCUT2D eigenvalue weighted by atomic mass is 9.84. The minimum atomic E-state index is -0.0623. The predicted octanol–water partition coefficient (Wildman–Crippen LogP) is 4.14. The van der Waals surface area contributed by atoms with Crippen LogP contribution in [0.4, 0.5) is 0 Å². The number of likely N-dealkylation sites (tertiary alicyclic amines) is 1. The number of rotatable bonds is 8. The van der Waals surface area contributed by atoms with Crippen LogP contribution in [0.5, 0.6) is 0 Å². The van der Waals surface area contributed by atoms with E-state index in [-0.39, 0.29) is 23.7 Å². The molecule has 2 aromatic carbocycles. The van der Waals surface area contributed by atoms with Crippen LogP contribution in [0.25, 0.3) is 22.6 Å². The Morgan fingerprint density at radius 1 is 1.18 bits per heavy atom. The van der Waals surface area contributed by atoms with Gasteiger partial charge < -0.3 is 19.4 Å². The van der Waals surface area contributed by atoms with Crippen molar-refractivity contribution in [3.05, 3.63) is 54.1 Å². The number of aromatic nitrogens is 1. The van der Waals surface area contributed by atoms with E-state index in [2.05, 4.69) is 10.3 Å². The summed E-state index contributed by atoms with van der Waals surface area (Å²) in [7, 11) is 1.66. The molecule has 0 unspecified atom stereocenters. The zero-order chi connectivity index (χ0) is 23.2. The Hall–Kier alpha value is -3.19. The molecular formula is C26H31N3O4. The van der Waals surface area contributed by atoms with Crippen LogP contribution in [0.15, 0.2) is 52.9 Å². The summed E-state index contributed by atoms with van der Waals surface area (Å²) in [6.45, 7) is 4.55. The van der Waals surface area contributed by atoms with Crippen LogP contribution < -0.4 is 5.32 Å². The Morgan fingerprint density at radius 3 is 2.67 bits per heavy atom. The zero-order valence-electron chi connectivity index (χ0n) is 19.3. The fourth-order valence-corrected chi connectivity index (χ4v) is 4.35. The number of piperidine rings is 1. The number of nitrogens with zero attached hydrogens (tertiary/aromatic N) is 2. The smallest absolute Gasteiger partial charge is 0.253 e. The van der Waals surface area contributed by atoms with E-state index in [1.807, 2.05) is 48.2 Å². The van der Waals surface area contributed by atoms with Crippen LogP contribution in [0, 0.1) is 11.8 Å². The van der Waals surface area contributed by atoms with Gasteiger partial charge in [0.1, 0.15) is 5.52 Å². The van der Waals surface area contributed by atoms with Crippen molar-refractivity contribution in [2.45, 2.75) is 26.2 Å². The minimum absolute atomic E-state index is 0.00344. The highest BCUT2D eigenvalue weighted by molar-refractivity contribution is 5.97. The third-order valence-electron chi connectivity index (χ3n) is 6.43. The molecule has 2 heterocycles. The molecule has 7 heteroatoms. The van der Waals surface area contributed by atoms with E-state index >= 15 is 0 Å². The summed E-state index contributed by atoms with van der Waals surface area (Å²) in [6.07, 6.45) is 2.45. The van der Waals surface area contributed by atoms with E-state index in [0.29, 0.717) is 48.8 Å². The average Bonchev–Trinajstić information content (AvgIpc) is 3.30. The molecule has 0 aliphatic carbocycles. The van der Waals surface area contributed by atoms with Gasteiger partial charge in [0.05, 0.1) is 0 Å². The van der Waals surface area contributed by atoms with Crippen molar-refractivity contribution in [3.8, 4) is 11.5 Å². The highest BCUT2D eigenvalue weighted by atomic mass is 16.5. The molecule has 1 N–H and O–H groups in total. The normalized spacial score (nSPS) is 15.5. The van der Waals surface area contributed by atoms with Gasteiger partial charge in [0.25, 0.3) is 5.91 Å². The molecule has 3 aromatic rings. The summed E-state index contributed by atoms with van der Waals surface area (Å²) in [4.78, 5) is 32.0. The quantitative estimate of drug-likeness (QED) is 0.523. The summed E-state index contributed by atoms with van der Waals surface area (Å²) in [6, 6.07) is 15.1. The average molecular weight is 450 g/mol. The van der Waals surface area contributed by atoms with Gasteiger partial charge in [-0.15, -0.1) is 0 Å². The molecule has 1 aliphatic heterocycles. The second-order valence-corrected chi connectivity index (χ2v) is 8.62. The monoisotopic (exact) mass is 449 g/mol. The molecule has 174 valence electrons. The molecule has 7 nitrogen and oxygen atoms in total. The third kappa shape index (κ3) is 5.42. The number of ether oxygens (including phenoxy) is 1. The van der Waals surface area contributed by atoms with E-state index < -0.39 is 0 Å². The lowest BCUT2D eigenvalue weighted by Gasteiger charge is -2.34. The van der Waals surface area contributed by atoms with Crippen molar-refractivity contribution in [3.63, 3.8) is 0 Å². The van der Waals surface area contributed by atoms with Gasteiger partial charge >= 0.3 is 0 Å². The molecule has 0 radical (unpaired) electrons. The second-order valence-electron chi connectivity index (χ2n) is 8.62. The topological polar surface area (TPSA) is 84.7 Å². The van der Waals surface area contributed by atoms with Crippen LogP contribution in [-0.4, -0.2) is 55.0 Å². The lowest BCUT2D eigenvalue weighted by Crippen LogP contribution is -2.42. The Kier molecular flexibility index (Phi) is 7.40. The molecule has 4 rings (SSSR count). The largest absolute Gasteiger partial charge is 0.436 e. The molecule has 1 aliphatic rings. The van der Waals surface area contributed by atoms with Crippen molar-refractivity contribution in [2.24, 2.45) is 11.8 Å². The zero-order valence-corrected chi connectivity index (χ0v) is 19.3. The summed E-state index contributed by atoms with van der Waals surface area (Å²) in [5, 5.41) is 2.99. The van der Waals surface area contributed by atoms with Crippen LogP contribution >= 0.6 is 0 Å². The fraction of sp³-hybridized carbons (Fsp3) is 0.423. The molecule has 1 aromatic heterocycles. The number of carbonyl (C=O) groups excluding carboxylic acids is 2. The number of fused-ring (bicyclic) bond motifs is 1. The van der Waals surface area contributed by atoms with Crippen LogP contribution in [0.3, 0.4) is 0 Å². The standard InChI is InChI=1S/C26H31N3O4/c1-18(24(30)27-13-6-16-32-2)19-11-14-29(15-12-19)26(31)21-9-10-23-22(17-21)28-25(33-23)20-7-4-3-5-8-20/h3-5,7-10,17-19H,6,11-16H2,1-2H3,(H,27,30)/t18-/m1/s1. The lowest BCUT2D eigenvalue weighted by molar-refractivity contribution is -0.126. The van der Waals surface area contributed by atoms with E-state index in [9.17, 15) is 9.59 Å². The van der Waals surface area contributed by atoms with Crippen molar-refractivity contribution in [2.75, 3.05) is 33.4 Å². The molecule has 2 amide bonds. The molecule has 0 spiro atoms. The maximum absolute atomic E-state index is 13.1. The Balaban J connectivity index is 1.35. The number of benzene rings is 2. The molecular weight excluding hydrogens is 418 g/mol. The second kappa shape index (κ2) is 10.6. The first-order valence-electron chi connectivity index (χ1n) is 11.6. The number of nitrogens with one attached hydrogen (secondary N) is 1. The third-order valence-corrected chi connectivity index (χ3v) is 6.43. The van der Waals surface area contributed by atoms with Gasteiger partial charge in [0.15, 0.2) is 5.58 Å². The van der Waals surface area contributed by atoms with Gasteiger partial charge in [0.2, 0.25) is 11.8 Å². The number of carbonyl (C=O) groups is 2. The number of hydrogen-bond acceptors (Lipinski definition) is 5. The summed E-state index contributed by atoms with van der Waals surface area (Å²) >= 11 is 0. The predicted molar refractivity (Wildman–Crippen MR) is 127 cm³/mol. The first-order chi connectivity index (χ1) is 16.1. The van der Waals surface area contributed by atoms with Crippen LogP contribution in [-0.2, 0) is 9.53 Å². The van der Waals surface area contributed by atoms with Crippen molar-refractivity contribution in [1.29, 1.82) is 0 Å². The first kappa shape index (κ1) is 23.0. The molecule has 33 heavy (non-hydrogen) atoms. The maximum atomic E-state index is 13.1. The van der Waals surface area contributed by atoms with Gasteiger partial charge in [-0.2, -0.15) is 0 Å². The molecule has 1 atom stereocenters. The Bertz CT molecular complexity index is 1090. The summed E-state index contributed by atoms with van der Waals surface area (Å²) in [5.74, 6) is 0.846. The van der Waals surface area contributed by atoms with Crippen molar-refractivity contribution < 1.29 is 18.7 Å². The Morgan fingerprint density at radius 2 is 1.94 bits per heavy atom. The van der Waals surface area contributed by atoms with Gasteiger partial charge in [-0.3, -0.25) is 9.59 Å². The van der Waals surface area contributed by atoms with Crippen LogP contribution in [0.2, 0.25) is 0 Å². The van der Waals surface area contributed by atoms with Crippen molar-refractivity contribution >= 4 is 22.9 Å². The molecule has 1 fully saturated rings. The summed E-state index contributed by atoms with van der Waals surface area (Å²) < 4.78 is 10.9. The highest BCUT2D eigenvalue weighted by Crippen LogP contribution is 2.28. The molecule has 0 saturated carbocycles. The number of methoxy groups -OCH3 is 1. The van der Waals surface area contributed by atoms with E-state index in [4.69, 9.17) is 9.15 Å². The minimum Gasteiger partial charge on any atom is -0.436 e. The van der Waals surface area contributed by atoms with Gasteiger partial charge in [-0.05, 0) is 55.5 Å². The molecule has 0 bridgehead atoms. The van der Waals surface area contributed by atoms with E-state index in [1.54, 1.807) is 19.2 Å². The number of oxazole rings is 1. The Labute approximate surface area is 194 Å². The van der Waals surface area contributed by atoms with E-state index in [0.717, 1.165) is 24.8 Å². The van der Waals surface area contributed by atoms with Crippen molar-refractivity contribution in [1.82, 2.24) is 15.2 Å². The van der Waals surface area contributed by atoms with Crippen LogP contribution in [0.1, 0.15) is 36.5 Å². The number of hydrogen-bond donors (Lipinski definition) is 1. The fourth-order valence-electron chi connectivity index (χ4n) is 4.35. The van der Waals surface area contributed by atoms with Gasteiger partial charge in [0, 0.05) is 50.4 Å². The van der Waals surface area contributed by atoms with Gasteiger partial charge in [-0.1, -0.05) is 25.1 Å². The maximum Gasteiger partial charge on any atom is 0.253 e. The molecule has 1 saturated heterocycles.